The number of nitrogens with two attached hydrogens (primary N) is 1. The van der Waals surface area contributed by atoms with Crippen molar-refractivity contribution >= 4 is 17.6 Å². The highest BCUT2D eigenvalue weighted by atomic mass is 16.2. The molecule has 1 saturated heterocycles. The molecule has 6 nitrogen and oxygen atoms in total. The van der Waals surface area contributed by atoms with Crippen LogP contribution in [0, 0.1) is 13.8 Å². The minimum Gasteiger partial charge on any atom is -0.369 e. The van der Waals surface area contributed by atoms with Gasteiger partial charge < -0.3 is 10.6 Å². The van der Waals surface area contributed by atoms with Gasteiger partial charge in [0.25, 0.3) is 0 Å². The Labute approximate surface area is 131 Å². The predicted molar refractivity (Wildman–Crippen MR) is 86.9 cm³/mol. The molecule has 0 bridgehead atoms. The summed E-state index contributed by atoms with van der Waals surface area (Å²) in [6.45, 7) is 9.33. The number of rotatable bonds is 3. The first-order chi connectivity index (χ1) is 10.4. The highest BCUT2D eigenvalue weighted by molar-refractivity contribution is 5.96. The van der Waals surface area contributed by atoms with Gasteiger partial charge in [0.2, 0.25) is 5.91 Å². The van der Waals surface area contributed by atoms with E-state index in [4.69, 9.17) is 5.73 Å². The lowest BCUT2D eigenvalue weighted by molar-refractivity contribution is -0.124. The number of nitrogens with zero attached hydrogens (tertiary/aromatic N) is 2. The molecule has 0 saturated carbocycles. The van der Waals surface area contributed by atoms with Gasteiger partial charge in [-0.15, -0.1) is 0 Å². The summed E-state index contributed by atoms with van der Waals surface area (Å²) in [5, 5.41) is 2.14. The molecule has 1 aliphatic heterocycles. The number of benzene rings is 1. The van der Waals surface area contributed by atoms with Crippen LogP contribution in [0.4, 0.5) is 10.5 Å². The van der Waals surface area contributed by atoms with Crippen molar-refractivity contribution in [3.8, 4) is 0 Å². The summed E-state index contributed by atoms with van der Waals surface area (Å²) in [7, 11) is 0. The van der Waals surface area contributed by atoms with Crippen LogP contribution in [-0.2, 0) is 4.79 Å². The second-order valence-electron chi connectivity index (χ2n) is 5.77. The summed E-state index contributed by atoms with van der Waals surface area (Å²) in [5.74, 6) is -0.340. The van der Waals surface area contributed by atoms with Crippen molar-refractivity contribution in [3.63, 3.8) is 0 Å². The number of imide groups is 1. The van der Waals surface area contributed by atoms with E-state index in [1.165, 1.54) is 16.8 Å². The van der Waals surface area contributed by atoms with Crippen LogP contribution in [0.1, 0.15) is 18.1 Å². The van der Waals surface area contributed by atoms with E-state index < -0.39 is 6.03 Å². The Morgan fingerprint density at radius 3 is 2.41 bits per heavy atom. The number of carbonyl (C=O) groups excluding carboxylic acids is 2. The van der Waals surface area contributed by atoms with E-state index in [1.54, 1.807) is 6.92 Å². The molecule has 0 aliphatic carbocycles. The molecule has 120 valence electrons. The minimum atomic E-state index is -0.800. The number of amides is 3. The second-order valence-corrected chi connectivity index (χ2v) is 5.77. The Morgan fingerprint density at radius 1 is 1.18 bits per heavy atom. The van der Waals surface area contributed by atoms with Gasteiger partial charge in [-0.25, -0.2) is 4.79 Å². The van der Waals surface area contributed by atoms with Crippen molar-refractivity contribution in [3.05, 3.63) is 29.3 Å². The second kappa shape index (κ2) is 6.79. The van der Waals surface area contributed by atoms with Crippen LogP contribution < -0.4 is 16.0 Å². The van der Waals surface area contributed by atoms with Gasteiger partial charge in [-0.05, 0) is 38.0 Å². The molecule has 1 aromatic rings. The SMILES string of the molecule is Cc1cccc(N2CCN([C@@H](C)C(=O)NC(N)=O)CC2)c1C. The molecule has 0 unspecified atom stereocenters. The van der Waals surface area contributed by atoms with Crippen molar-refractivity contribution in [1.82, 2.24) is 10.2 Å². The largest absolute Gasteiger partial charge is 0.369 e. The average molecular weight is 304 g/mol. The highest BCUT2D eigenvalue weighted by Crippen LogP contribution is 2.24. The summed E-state index contributed by atoms with van der Waals surface area (Å²) in [6, 6.07) is 5.18. The van der Waals surface area contributed by atoms with Crippen LogP contribution in [0.3, 0.4) is 0 Å². The van der Waals surface area contributed by atoms with Crippen molar-refractivity contribution in [2.75, 3.05) is 31.1 Å². The maximum atomic E-state index is 11.8. The van der Waals surface area contributed by atoms with Crippen LogP contribution in [0.5, 0.6) is 0 Å². The molecule has 6 heteroatoms. The van der Waals surface area contributed by atoms with Crippen molar-refractivity contribution in [1.29, 1.82) is 0 Å². The van der Waals surface area contributed by atoms with Crippen LogP contribution in [0.25, 0.3) is 0 Å². The van der Waals surface area contributed by atoms with Crippen LogP contribution in [0.15, 0.2) is 18.2 Å². The maximum Gasteiger partial charge on any atom is 0.318 e. The van der Waals surface area contributed by atoms with Gasteiger partial charge in [-0.3, -0.25) is 15.0 Å². The Hall–Kier alpha value is -2.08. The molecule has 22 heavy (non-hydrogen) atoms. The zero-order valence-corrected chi connectivity index (χ0v) is 13.4. The Balaban J connectivity index is 1.97. The average Bonchev–Trinajstić information content (AvgIpc) is 2.49. The van der Waals surface area contributed by atoms with E-state index in [0.717, 1.165) is 26.2 Å². The van der Waals surface area contributed by atoms with Gasteiger partial charge in [0.05, 0.1) is 6.04 Å². The quantitative estimate of drug-likeness (QED) is 0.873. The fourth-order valence-corrected chi connectivity index (χ4v) is 2.82. The first kappa shape index (κ1) is 16.3. The molecule has 2 rings (SSSR count). The number of anilines is 1. The van der Waals surface area contributed by atoms with E-state index in [1.807, 2.05) is 0 Å². The third-order valence-corrected chi connectivity index (χ3v) is 4.40. The molecule has 3 amide bonds. The smallest absolute Gasteiger partial charge is 0.318 e. The maximum absolute atomic E-state index is 11.8. The number of aryl methyl sites for hydroxylation is 1. The van der Waals surface area contributed by atoms with E-state index in [2.05, 4.69) is 47.2 Å². The summed E-state index contributed by atoms with van der Waals surface area (Å²) >= 11 is 0. The molecule has 1 aromatic carbocycles. The first-order valence-electron chi connectivity index (χ1n) is 7.55. The lowest BCUT2D eigenvalue weighted by Crippen LogP contribution is -2.55. The third kappa shape index (κ3) is 3.57. The zero-order valence-electron chi connectivity index (χ0n) is 13.4. The Bertz CT molecular complexity index is 565. The van der Waals surface area contributed by atoms with Crippen LogP contribution in [0.2, 0.25) is 0 Å². The number of hydrogen-bond acceptors (Lipinski definition) is 4. The summed E-state index contributed by atoms with van der Waals surface area (Å²) in [6.07, 6.45) is 0. The zero-order chi connectivity index (χ0) is 16.3. The number of urea groups is 1. The molecule has 3 N–H and O–H groups in total. The van der Waals surface area contributed by atoms with Gasteiger partial charge in [0.15, 0.2) is 0 Å². The molecule has 1 heterocycles. The first-order valence-corrected chi connectivity index (χ1v) is 7.55. The van der Waals surface area contributed by atoms with Crippen molar-refractivity contribution in [2.45, 2.75) is 26.8 Å². The van der Waals surface area contributed by atoms with Crippen LogP contribution in [-0.4, -0.2) is 49.1 Å². The summed E-state index contributed by atoms with van der Waals surface area (Å²) in [5.41, 5.74) is 8.84. The van der Waals surface area contributed by atoms with E-state index in [9.17, 15) is 9.59 Å². The normalized spacial score (nSPS) is 17.1. The Kier molecular flexibility index (Phi) is 5.03. The number of hydrogen-bond donors (Lipinski definition) is 2. The minimum absolute atomic E-state index is 0.340. The molecule has 0 spiro atoms. The van der Waals surface area contributed by atoms with Gasteiger partial charge >= 0.3 is 6.03 Å². The monoisotopic (exact) mass is 304 g/mol. The number of nitrogens with one attached hydrogen (secondary N) is 1. The number of primary amides is 1. The third-order valence-electron chi connectivity index (χ3n) is 4.40. The molecular formula is C16H24N4O2. The molecule has 1 atom stereocenters. The molecular weight excluding hydrogens is 280 g/mol. The highest BCUT2D eigenvalue weighted by Gasteiger charge is 2.26. The standard InChI is InChI=1S/C16H24N4O2/c1-11-5-4-6-14(12(11)2)20-9-7-19(8-10-20)13(3)15(21)18-16(17)22/h4-6,13H,7-10H2,1-3H3,(H3,17,18,21,22)/t13-/m0/s1. The van der Waals surface area contributed by atoms with Gasteiger partial charge in [-0.2, -0.15) is 0 Å². The van der Waals surface area contributed by atoms with E-state index in [-0.39, 0.29) is 11.9 Å². The van der Waals surface area contributed by atoms with Gasteiger partial charge in [-0.1, -0.05) is 12.1 Å². The molecule has 0 radical (unpaired) electrons. The fourth-order valence-electron chi connectivity index (χ4n) is 2.82. The molecule has 1 aliphatic rings. The lowest BCUT2D eigenvalue weighted by atomic mass is 10.1. The Morgan fingerprint density at radius 2 is 1.82 bits per heavy atom. The summed E-state index contributed by atoms with van der Waals surface area (Å²) < 4.78 is 0. The van der Waals surface area contributed by atoms with Crippen LogP contribution >= 0.6 is 0 Å². The van der Waals surface area contributed by atoms with Gasteiger partial charge in [0.1, 0.15) is 0 Å². The topological polar surface area (TPSA) is 78.7 Å². The van der Waals surface area contributed by atoms with Crippen molar-refractivity contribution < 1.29 is 9.59 Å². The predicted octanol–water partition coefficient (Wildman–Crippen LogP) is 1.01. The lowest BCUT2D eigenvalue weighted by Gasteiger charge is -2.39. The van der Waals surface area contributed by atoms with Gasteiger partial charge in [0, 0.05) is 31.9 Å². The fraction of sp³-hybridized carbons (Fsp3) is 0.500. The van der Waals surface area contributed by atoms with Crippen molar-refractivity contribution in [2.24, 2.45) is 5.73 Å². The number of piperazine rings is 1. The summed E-state index contributed by atoms with van der Waals surface area (Å²) in [4.78, 5) is 27.0. The molecule has 0 aromatic heterocycles. The van der Waals surface area contributed by atoms with E-state index >= 15 is 0 Å². The number of carbonyl (C=O) groups is 2. The van der Waals surface area contributed by atoms with E-state index in [0.29, 0.717) is 0 Å². The molecule has 1 fully saturated rings.